The second-order valence-corrected chi connectivity index (χ2v) is 12.3. The highest BCUT2D eigenvalue weighted by atomic mass is 16.5. The molecule has 0 saturated carbocycles. The maximum absolute atomic E-state index is 13.9. The van der Waals surface area contributed by atoms with Crippen molar-refractivity contribution in [3.63, 3.8) is 0 Å². The van der Waals surface area contributed by atoms with Gasteiger partial charge in [-0.15, -0.1) is 0 Å². The van der Waals surface area contributed by atoms with Crippen molar-refractivity contribution in [1.29, 1.82) is 0 Å². The van der Waals surface area contributed by atoms with E-state index in [-0.39, 0.29) is 28.1 Å². The van der Waals surface area contributed by atoms with Crippen LogP contribution in [0.25, 0.3) is 0 Å². The van der Waals surface area contributed by atoms with E-state index in [1.807, 2.05) is 37.3 Å². The van der Waals surface area contributed by atoms with Gasteiger partial charge >= 0.3 is 0 Å². The number of Topliss-reactive ketones (excluding diaryl/α,β-unsaturated/α-hetero) is 2. The summed E-state index contributed by atoms with van der Waals surface area (Å²) in [6.45, 7) is 11.5. The molecule has 3 aliphatic rings. The number of ether oxygens (including phenoxy) is 1. The third-order valence-electron chi connectivity index (χ3n) is 7.82. The van der Waals surface area contributed by atoms with E-state index in [4.69, 9.17) is 4.74 Å². The molecule has 2 aromatic carbocycles. The van der Waals surface area contributed by atoms with Gasteiger partial charge in [0.25, 0.3) is 0 Å². The standard InChI is InChI=1S/C32H37NO4/c1-6-37-27-14-21(12-13-24(27)34)28-29-22(15-31(2,3)17-25(29)35)33(19-20-10-8-7-9-11-20)23-16-32(4,5)18-26(36)30(23)28/h7-14,28,34H,6,15-19H2,1-5H3. The third kappa shape index (κ3) is 4.72. The first kappa shape index (κ1) is 25.3. The molecule has 0 aromatic heterocycles. The van der Waals surface area contributed by atoms with Crippen LogP contribution in [-0.4, -0.2) is 28.2 Å². The molecule has 2 aromatic rings. The predicted octanol–water partition coefficient (Wildman–Crippen LogP) is 6.68. The Morgan fingerprint density at radius 2 is 1.43 bits per heavy atom. The number of benzene rings is 2. The largest absolute Gasteiger partial charge is 0.504 e. The average molecular weight is 500 g/mol. The first-order valence-electron chi connectivity index (χ1n) is 13.3. The van der Waals surface area contributed by atoms with Crippen LogP contribution in [0.5, 0.6) is 11.5 Å². The van der Waals surface area contributed by atoms with Gasteiger partial charge in [-0.2, -0.15) is 0 Å². The van der Waals surface area contributed by atoms with Crippen LogP contribution in [-0.2, 0) is 16.1 Å². The highest BCUT2D eigenvalue weighted by Gasteiger charge is 2.49. The van der Waals surface area contributed by atoms with Crippen LogP contribution in [0.2, 0.25) is 0 Å². The summed E-state index contributed by atoms with van der Waals surface area (Å²) in [6.07, 6.45) is 2.42. The van der Waals surface area contributed by atoms with Crippen LogP contribution in [0.15, 0.2) is 71.1 Å². The van der Waals surface area contributed by atoms with E-state index in [9.17, 15) is 14.7 Å². The second kappa shape index (κ2) is 9.20. The van der Waals surface area contributed by atoms with Gasteiger partial charge < -0.3 is 14.7 Å². The van der Waals surface area contributed by atoms with E-state index in [1.165, 1.54) is 0 Å². The van der Waals surface area contributed by atoms with Crippen LogP contribution < -0.4 is 4.74 Å². The quantitative estimate of drug-likeness (QED) is 0.497. The van der Waals surface area contributed by atoms with Crippen LogP contribution in [0.1, 0.15) is 77.3 Å². The Morgan fingerprint density at radius 1 is 0.865 bits per heavy atom. The van der Waals surface area contributed by atoms with E-state index in [2.05, 4.69) is 44.7 Å². The van der Waals surface area contributed by atoms with Gasteiger partial charge in [-0.3, -0.25) is 9.59 Å². The second-order valence-electron chi connectivity index (χ2n) is 12.3. The zero-order chi connectivity index (χ0) is 26.5. The zero-order valence-corrected chi connectivity index (χ0v) is 22.6. The van der Waals surface area contributed by atoms with Crippen molar-refractivity contribution in [3.8, 4) is 11.5 Å². The molecule has 0 atom stereocenters. The summed E-state index contributed by atoms with van der Waals surface area (Å²) in [6, 6.07) is 15.5. The fourth-order valence-corrected chi connectivity index (χ4v) is 6.32. The SMILES string of the molecule is CCOc1cc(C2C3=C(CC(C)(C)CC3=O)N(Cc3ccccc3)C3=C2C(=O)CC(C)(C)C3)ccc1O. The van der Waals surface area contributed by atoms with E-state index < -0.39 is 5.92 Å². The first-order chi connectivity index (χ1) is 17.5. The molecule has 194 valence electrons. The molecule has 1 N–H and O–H groups in total. The van der Waals surface area contributed by atoms with Crippen molar-refractivity contribution >= 4 is 11.6 Å². The van der Waals surface area contributed by atoms with Gasteiger partial charge in [0.1, 0.15) is 0 Å². The molecule has 37 heavy (non-hydrogen) atoms. The molecule has 0 saturated heterocycles. The number of hydrogen-bond acceptors (Lipinski definition) is 5. The molecule has 0 spiro atoms. The summed E-state index contributed by atoms with van der Waals surface area (Å²) in [4.78, 5) is 30.1. The van der Waals surface area contributed by atoms with Crippen LogP contribution >= 0.6 is 0 Å². The summed E-state index contributed by atoms with van der Waals surface area (Å²) < 4.78 is 5.70. The fraction of sp³-hybridized carbons (Fsp3) is 0.438. The number of phenols is 1. The topological polar surface area (TPSA) is 66.8 Å². The summed E-state index contributed by atoms with van der Waals surface area (Å²) in [5.74, 6) is 0.184. The lowest BCUT2D eigenvalue weighted by Crippen LogP contribution is -2.44. The maximum Gasteiger partial charge on any atom is 0.162 e. The number of carbonyl (C=O) groups is 2. The Bertz CT molecular complexity index is 1260. The lowest BCUT2D eigenvalue weighted by molar-refractivity contribution is -0.119. The lowest BCUT2D eigenvalue weighted by atomic mass is 9.63. The van der Waals surface area contributed by atoms with Crippen molar-refractivity contribution in [2.75, 3.05) is 6.61 Å². The average Bonchev–Trinajstić information content (AvgIpc) is 2.81. The van der Waals surface area contributed by atoms with Crippen LogP contribution in [0.4, 0.5) is 0 Å². The highest BCUT2D eigenvalue weighted by molar-refractivity contribution is 6.06. The summed E-state index contributed by atoms with van der Waals surface area (Å²) >= 11 is 0. The normalized spacial score (nSPS) is 21.2. The fourth-order valence-electron chi connectivity index (χ4n) is 6.32. The molecule has 5 rings (SSSR count). The Balaban J connectivity index is 1.76. The third-order valence-corrected chi connectivity index (χ3v) is 7.82. The molecule has 0 unspecified atom stereocenters. The Hall–Kier alpha value is -3.34. The van der Waals surface area contributed by atoms with E-state index in [0.717, 1.165) is 46.5 Å². The first-order valence-corrected chi connectivity index (χ1v) is 13.3. The minimum Gasteiger partial charge on any atom is -0.504 e. The number of hydrogen-bond donors (Lipinski definition) is 1. The number of aromatic hydroxyl groups is 1. The summed E-state index contributed by atoms with van der Waals surface area (Å²) in [5, 5.41) is 10.4. The molecule has 0 amide bonds. The van der Waals surface area contributed by atoms with Crippen molar-refractivity contribution in [2.24, 2.45) is 10.8 Å². The van der Waals surface area contributed by atoms with Crippen LogP contribution in [0, 0.1) is 10.8 Å². The number of carbonyl (C=O) groups excluding carboxylic acids is 2. The Labute approximate surface area is 219 Å². The number of rotatable bonds is 5. The predicted molar refractivity (Wildman–Crippen MR) is 144 cm³/mol. The minimum atomic E-state index is -0.455. The molecular weight excluding hydrogens is 462 g/mol. The van der Waals surface area contributed by atoms with Gasteiger partial charge in [-0.1, -0.05) is 64.1 Å². The molecule has 5 nitrogen and oxygen atoms in total. The van der Waals surface area contributed by atoms with Crippen molar-refractivity contribution in [2.45, 2.75) is 72.8 Å². The summed E-state index contributed by atoms with van der Waals surface area (Å²) in [5.41, 5.74) is 5.15. The molecule has 5 heteroatoms. The van der Waals surface area contributed by atoms with Crippen molar-refractivity contribution in [3.05, 3.63) is 82.2 Å². The van der Waals surface area contributed by atoms with E-state index in [0.29, 0.717) is 31.7 Å². The van der Waals surface area contributed by atoms with E-state index in [1.54, 1.807) is 6.07 Å². The number of phenolic OH excluding ortho intramolecular Hbond substituents is 1. The highest BCUT2D eigenvalue weighted by Crippen LogP contribution is 2.55. The van der Waals surface area contributed by atoms with Crippen molar-refractivity contribution < 1.29 is 19.4 Å². The smallest absolute Gasteiger partial charge is 0.162 e. The van der Waals surface area contributed by atoms with E-state index >= 15 is 0 Å². The number of nitrogens with zero attached hydrogens (tertiary/aromatic N) is 1. The molecule has 0 fully saturated rings. The number of allylic oxidation sites excluding steroid dienone is 4. The Kier molecular flexibility index (Phi) is 6.29. The van der Waals surface area contributed by atoms with Gasteiger partial charge in [-0.25, -0.2) is 0 Å². The molecule has 1 aliphatic heterocycles. The molecular formula is C32H37NO4. The minimum absolute atomic E-state index is 0.0581. The van der Waals surface area contributed by atoms with Gasteiger partial charge in [-0.05, 0) is 53.9 Å². The maximum atomic E-state index is 13.9. The van der Waals surface area contributed by atoms with Crippen LogP contribution in [0.3, 0.4) is 0 Å². The van der Waals surface area contributed by atoms with Gasteiger partial charge in [0.15, 0.2) is 23.1 Å². The van der Waals surface area contributed by atoms with Gasteiger partial charge in [0, 0.05) is 47.8 Å². The van der Waals surface area contributed by atoms with Gasteiger partial charge in [0.05, 0.1) is 6.61 Å². The molecule has 0 bridgehead atoms. The Morgan fingerprint density at radius 3 is 1.97 bits per heavy atom. The molecule has 1 heterocycles. The van der Waals surface area contributed by atoms with Gasteiger partial charge in [0.2, 0.25) is 0 Å². The zero-order valence-electron chi connectivity index (χ0n) is 22.6. The van der Waals surface area contributed by atoms with Crippen molar-refractivity contribution in [1.82, 2.24) is 4.90 Å². The molecule has 2 aliphatic carbocycles. The lowest BCUT2D eigenvalue weighted by Gasteiger charge is -2.49. The molecule has 0 radical (unpaired) electrons. The monoisotopic (exact) mass is 499 g/mol. The summed E-state index contributed by atoms with van der Waals surface area (Å²) in [7, 11) is 0. The number of ketones is 2.